The summed E-state index contributed by atoms with van der Waals surface area (Å²) < 4.78 is 0. The largest absolute Gasteiger partial charge is 0.368 e. The van der Waals surface area contributed by atoms with Crippen molar-refractivity contribution in [2.24, 2.45) is 0 Å². The fraction of sp³-hybridized carbons (Fsp3) is 0.400. The number of nitrogens with two attached hydrogens (primary N) is 2. The number of halogens is 1. The van der Waals surface area contributed by atoms with Gasteiger partial charge in [0.15, 0.2) is 0 Å². The maximum Gasteiger partial charge on any atom is 0.229 e. The van der Waals surface area contributed by atoms with Gasteiger partial charge in [-0.3, -0.25) is 4.90 Å². The molecular weight excluding hydrogens is 430 g/mol. The first kappa shape index (κ1) is 23.4. The average molecular weight is 458 g/mol. The first-order valence-electron chi connectivity index (χ1n) is 9.97. The molecule has 0 aliphatic rings. The van der Waals surface area contributed by atoms with E-state index in [2.05, 4.69) is 41.7 Å². The van der Waals surface area contributed by atoms with Crippen LogP contribution in [0.25, 0.3) is 0 Å². The molecular formula is C20H28ClN11. The lowest BCUT2D eigenvalue weighted by Crippen LogP contribution is -2.29. The summed E-state index contributed by atoms with van der Waals surface area (Å²) in [5.74, 6) is 2.39. The third-order valence-corrected chi connectivity index (χ3v) is 5.02. The van der Waals surface area contributed by atoms with Gasteiger partial charge in [0.1, 0.15) is 11.6 Å². The smallest absolute Gasteiger partial charge is 0.229 e. The van der Waals surface area contributed by atoms with Crippen LogP contribution in [0, 0.1) is 0 Å². The summed E-state index contributed by atoms with van der Waals surface area (Å²) in [6.45, 7) is 2.86. The van der Waals surface area contributed by atoms with Crippen molar-refractivity contribution in [1.82, 2.24) is 34.8 Å². The number of aromatic nitrogens is 6. The zero-order valence-corrected chi connectivity index (χ0v) is 19.6. The summed E-state index contributed by atoms with van der Waals surface area (Å²) in [7, 11) is 7.40. The van der Waals surface area contributed by atoms with Crippen molar-refractivity contribution in [3.63, 3.8) is 0 Å². The Morgan fingerprint density at radius 1 is 0.750 bits per heavy atom. The number of benzene rings is 1. The van der Waals surface area contributed by atoms with Crippen LogP contribution in [0.4, 0.5) is 23.8 Å². The van der Waals surface area contributed by atoms with E-state index in [4.69, 9.17) is 23.1 Å². The lowest BCUT2D eigenvalue weighted by molar-refractivity contribution is 0.182. The van der Waals surface area contributed by atoms with Gasteiger partial charge in [-0.25, -0.2) is 0 Å². The van der Waals surface area contributed by atoms with E-state index in [1.165, 1.54) is 0 Å². The van der Waals surface area contributed by atoms with E-state index in [0.717, 1.165) is 5.56 Å². The van der Waals surface area contributed by atoms with E-state index >= 15 is 0 Å². The minimum Gasteiger partial charge on any atom is -0.368 e. The first-order valence-corrected chi connectivity index (χ1v) is 10.3. The number of hydrogen-bond acceptors (Lipinski definition) is 11. The Bertz CT molecular complexity index is 996. The van der Waals surface area contributed by atoms with Gasteiger partial charge in [-0.15, -0.1) is 0 Å². The average Bonchev–Trinajstić information content (AvgIpc) is 2.72. The van der Waals surface area contributed by atoms with Gasteiger partial charge in [-0.05, 0) is 24.6 Å². The van der Waals surface area contributed by atoms with Gasteiger partial charge >= 0.3 is 0 Å². The zero-order valence-electron chi connectivity index (χ0n) is 18.9. The monoisotopic (exact) mass is 457 g/mol. The van der Waals surface area contributed by atoms with Crippen molar-refractivity contribution in [1.29, 1.82) is 0 Å². The van der Waals surface area contributed by atoms with Crippen molar-refractivity contribution in [2.75, 3.05) is 49.5 Å². The highest BCUT2D eigenvalue weighted by Gasteiger charge is 2.21. The standard InChI is InChI=1S/C20H28ClN11/c1-12(13-6-8-14(21)9-7-13)32(10-15-24-17(22)28-19(26-15)30(2)3)11-16-25-18(23)29-20(27-16)31(4)5/h6-9,12H,10-11H2,1-5H3,(H2,22,24,26,28)(H2,23,25,27,29)/t12-/m1/s1. The van der Waals surface area contributed by atoms with Crippen LogP contribution in [-0.4, -0.2) is 63.0 Å². The molecule has 0 spiro atoms. The Morgan fingerprint density at radius 2 is 1.19 bits per heavy atom. The summed E-state index contributed by atoms with van der Waals surface area (Å²) >= 11 is 6.08. The SMILES string of the molecule is C[C@H](c1ccc(Cl)cc1)N(Cc1nc(N)nc(N(C)C)n1)Cc1nc(N)nc(N(C)C)n1. The predicted molar refractivity (Wildman–Crippen MR) is 126 cm³/mol. The van der Waals surface area contributed by atoms with Gasteiger partial charge in [0.2, 0.25) is 23.8 Å². The molecule has 0 saturated carbocycles. The molecule has 11 nitrogen and oxygen atoms in total. The second-order valence-corrected chi connectivity index (χ2v) is 8.18. The third-order valence-electron chi connectivity index (χ3n) is 4.76. The van der Waals surface area contributed by atoms with Gasteiger partial charge in [-0.2, -0.15) is 29.9 Å². The summed E-state index contributed by atoms with van der Waals surface area (Å²) in [4.78, 5) is 31.8. The Balaban J connectivity index is 1.97. The van der Waals surface area contributed by atoms with Gasteiger partial charge < -0.3 is 21.3 Å². The van der Waals surface area contributed by atoms with E-state index in [0.29, 0.717) is 41.7 Å². The number of nitrogen functional groups attached to an aromatic ring is 2. The van der Waals surface area contributed by atoms with Gasteiger partial charge in [0.05, 0.1) is 13.1 Å². The molecule has 0 unspecified atom stereocenters. The fourth-order valence-corrected chi connectivity index (χ4v) is 3.16. The second kappa shape index (κ2) is 9.88. The van der Waals surface area contributed by atoms with Crippen LogP contribution >= 0.6 is 11.6 Å². The Kier molecular flexibility index (Phi) is 7.21. The highest BCUT2D eigenvalue weighted by molar-refractivity contribution is 6.30. The van der Waals surface area contributed by atoms with E-state index in [1.807, 2.05) is 52.5 Å². The van der Waals surface area contributed by atoms with Crippen LogP contribution in [0.1, 0.15) is 30.2 Å². The molecule has 0 radical (unpaired) electrons. The molecule has 12 heteroatoms. The van der Waals surface area contributed by atoms with E-state index < -0.39 is 0 Å². The van der Waals surface area contributed by atoms with E-state index in [9.17, 15) is 0 Å². The van der Waals surface area contributed by atoms with E-state index in [-0.39, 0.29) is 17.9 Å². The van der Waals surface area contributed by atoms with Crippen molar-refractivity contribution in [2.45, 2.75) is 26.1 Å². The lowest BCUT2D eigenvalue weighted by atomic mass is 10.1. The van der Waals surface area contributed by atoms with Crippen molar-refractivity contribution >= 4 is 35.4 Å². The first-order chi connectivity index (χ1) is 15.1. The molecule has 4 N–H and O–H groups in total. The summed E-state index contributed by atoms with van der Waals surface area (Å²) in [6.07, 6.45) is 0. The van der Waals surface area contributed by atoms with Crippen LogP contribution in [0.2, 0.25) is 5.02 Å². The highest BCUT2D eigenvalue weighted by atomic mass is 35.5. The lowest BCUT2D eigenvalue weighted by Gasteiger charge is -2.28. The molecule has 32 heavy (non-hydrogen) atoms. The minimum atomic E-state index is -0.0335. The molecule has 0 amide bonds. The quantitative estimate of drug-likeness (QED) is 0.511. The summed E-state index contributed by atoms with van der Waals surface area (Å²) in [5.41, 5.74) is 12.9. The van der Waals surface area contributed by atoms with Crippen LogP contribution in [0.3, 0.4) is 0 Å². The topological polar surface area (TPSA) is 139 Å². The number of nitrogens with zero attached hydrogens (tertiary/aromatic N) is 9. The molecule has 2 heterocycles. The van der Waals surface area contributed by atoms with Crippen LogP contribution < -0.4 is 21.3 Å². The molecule has 2 aromatic heterocycles. The normalized spacial score (nSPS) is 12.1. The molecule has 170 valence electrons. The zero-order chi connectivity index (χ0) is 23.4. The third kappa shape index (κ3) is 5.89. The molecule has 0 aliphatic heterocycles. The molecule has 0 saturated heterocycles. The van der Waals surface area contributed by atoms with Gasteiger partial charge in [0.25, 0.3) is 0 Å². The maximum absolute atomic E-state index is 6.08. The van der Waals surface area contributed by atoms with Crippen LogP contribution in [-0.2, 0) is 13.1 Å². The van der Waals surface area contributed by atoms with Gasteiger partial charge in [0, 0.05) is 39.3 Å². The van der Waals surface area contributed by atoms with Crippen molar-refractivity contribution in [3.05, 3.63) is 46.5 Å². The molecule has 1 aromatic carbocycles. The number of rotatable bonds is 8. The molecule has 1 atom stereocenters. The number of hydrogen-bond donors (Lipinski definition) is 2. The van der Waals surface area contributed by atoms with E-state index in [1.54, 1.807) is 9.80 Å². The molecule has 3 aromatic rings. The number of anilines is 4. The summed E-state index contributed by atoms with van der Waals surface area (Å²) in [5, 5.41) is 0.675. The van der Waals surface area contributed by atoms with Crippen LogP contribution in [0.15, 0.2) is 24.3 Å². The van der Waals surface area contributed by atoms with Gasteiger partial charge in [-0.1, -0.05) is 23.7 Å². The fourth-order valence-electron chi connectivity index (χ4n) is 3.04. The predicted octanol–water partition coefficient (Wildman–Crippen LogP) is 1.77. The Labute approximate surface area is 192 Å². The molecule has 0 fully saturated rings. The highest BCUT2D eigenvalue weighted by Crippen LogP contribution is 2.25. The Morgan fingerprint density at radius 3 is 1.59 bits per heavy atom. The Hall–Kier alpha value is -3.31. The van der Waals surface area contributed by atoms with Crippen molar-refractivity contribution < 1.29 is 0 Å². The van der Waals surface area contributed by atoms with Crippen LogP contribution in [0.5, 0.6) is 0 Å². The maximum atomic E-state index is 6.08. The molecule has 3 rings (SSSR count). The minimum absolute atomic E-state index is 0.0335. The van der Waals surface area contributed by atoms with Crippen molar-refractivity contribution in [3.8, 4) is 0 Å². The molecule has 0 aliphatic carbocycles. The molecule has 0 bridgehead atoms. The summed E-state index contributed by atoms with van der Waals surface area (Å²) in [6, 6.07) is 7.66. The second-order valence-electron chi connectivity index (χ2n) is 7.74.